The lowest BCUT2D eigenvalue weighted by Gasteiger charge is -2.39. The molecule has 1 aromatic rings. The summed E-state index contributed by atoms with van der Waals surface area (Å²) in [5, 5.41) is 0.592. The SMILES string of the molecule is O=C1c2cnc(c(Cl)c2)[N+]12CCOCC2.[Cl-]. The van der Waals surface area contributed by atoms with Crippen molar-refractivity contribution in [3.8, 4) is 0 Å². The number of ether oxygens (including phenoxy) is 1. The first kappa shape index (κ1) is 11.8. The highest BCUT2D eigenvalue weighted by Crippen LogP contribution is 2.37. The van der Waals surface area contributed by atoms with Gasteiger partial charge in [0.2, 0.25) is 0 Å². The summed E-state index contributed by atoms with van der Waals surface area (Å²) in [6.45, 7) is 2.45. The van der Waals surface area contributed by atoms with E-state index < -0.39 is 0 Å². The van der Waals surface area contributed by atoms with Crippen LogP contribution in [0.5, 0.6) is 0 Å². The molecule has 3 aliphatic heterocycles. The molecule has 3 aliphatic rings. The van der Waals surface area contributed by atoms with Crippen molar-refractivity contribution in [3.05, 3.63) is 22.8 Å². The van der Waals surface area contributed by atoms with Crippen LogP contribution in [0.2, 0.25) is 5.02 Å². The second-order valence-electron chi connectivity index (χ2n) is 3.86. The van der Waals surface area contributed by atoms with Crippen LogP contribution in [0.4, 0.5) is 5.82 Å². The fourth-order valence-corrected chi connectivity index (χ4v) is 2.60. The Kier molecular flexibility index (Phi) is 2.92. The van der Waals surface area contributed by atoms with Crippen molar-refractivity contribution in [2.75, 3.05) is 26.3 Å². The zero-order valence-electron chi connectivity index (χ0n) is 8.45. The molecule has 4 nitrogen and oxygen atoms in total. The van der Waals surface area contributed by atoms with Gasteiger partial charge in [0.15, 0.2) is 0 Å². The summed E-state index contributed by atoms with van der Waals surface area (Å²) < 4.78 is 5.53. The van der Waals surface area contributed by atoms with Gasteiger partial charge in [-0.2, -0.15) is 0 Å². The van der Waals surface area contributed by atoms with Gasteiger partial charge in [-0.1, -0.05) is 11.6 Å². The summed E-state index contributed by atoms with van der Waals surface area (Å²) in [6, 6.07) is 1.70. The highest BCUT2D eigenvalue weighted by molar-refractivity contribution is 6.34. The van der Waals surface area contributed by atoms with Crippen molar-refractivity contribution < 1.29 is 21.9 Å². The summed E-state index contributed by atoms with van der Waals surface area (Å²) in [5.41, 5.74) is 0.608. The average Bonchev–Trinajstić information content (AvgIpc) is 2.27. The minimum Gasteiger partial charge on any atom is -1.00 e. The third kappa shape index (κ3) is 1.38. The van der Waals surface area contributed by atoms with Crippen LogP contribution in [0.25, 0.3) is 0 Å². The number of carbonyl (C=O) groups is 1. The Labute approximate surface area is 104 Å². The van der Waals surface area contributed by atoms with Gasteiger partial charge in [0, 0.05) is 0 Å². The summed E-state index contributed by atoms with van der Waals surface area (Å²) in [5.74, 6) is 0.785. The summed E-state index contributed by atoms with van der Waals surface area (Å²) in [6.07, 6.45) is 1.60. The van der Waals surface area contributed by atoms with Crippen molar-refractivity contribution in [3.63, 3.8) is 0 Å². The Morgan fingerprint density at radius 2 is 2.06 bits per heavy atom. The number of nitrogens with zero attached hydrogens (tertiary/aromatic N) is 2. The van der Waals surface area contributed by atoms with Gasteiger partial charge in [-0.3, -0.25) is 0 Å². The van der Waals surface area contributed by atoms with Crippen LogP contribution in [0.3, 0.4) is 0 Å². The number of carbonyl (C=O) groups excluding carboxylic acids is 1. The van der Waals surface area contributed by atoms with Gasteiger partial charge >= 0.3 is 5.91 Å². The monoisotopic (exact) mass is 260 g/mol. The third-order valence-corrected chi connectivity index (χ3v) is 3.38. The first-order chi connectivity index (χ1) is 7.24. The normalized spacial score (nSPS) is 20.9. The van der Waals surface area contributed by atoms with Crippen LogP contribution in [-0.4, -0.2) is 37.2 Å². The van der Waals surface area contributed by atoms with Crippen LogP contribution < -0.4 is 16.9 Å². The van der Waals surface area contributed by atoms with E-state index in [0.717, 1.165) is 0 Å². The minimum absolute atomic E-state index is 0. The van der Waals surface area contributed by atoms with Gasteiger partial charge in [-0.05, 0) is 6.07 Å². The minimum atomic E-state index is 0. The topological polar surface area (TPSA) is 39.2 Å². The van der Waals surface area contributed by atoms with Gasteiger partial charge in [-0.15, -0.1) is 0 Å². The molecule has 0 atom stereocenters. The van der Waals surface area contributed by atoms with Gasteiger partial charge in [0.05, 0.1) is 25.0 Å². The lowest BCUT2D eigenvalue weighted by Crippen LogP contribution is -3.00. The Balaban J connectivity index is 0.000000963. The van der Waals surface area contributed by atoms with Crippen molar-refractivity contribution in [2.24, 2.45) is 0 Å². The fourth-order valence-electron chi connectivity index (χ4n) is 2.28. The van der Waals surface area contributed by atoms with E-state index in [1.165, 1.54) is 0 Å². The molecule has 0 aromatic carbocycles. The predicted octanol–water partition coefficient (Wildman–Crippen LogP) is -1.77. The average molecular weight is 261 g/mol. The molecule has 0 aliphatic carbocycles. The van der Waals surface area contributed by atoms with E-state index in [1.54, 1.807) is 12.3 Å². The second-order valence-corrected chi connectivity index (χ2v) is 4.27. The molecule has 1 amide bonds. The van der Waals surface area contributed by atoms with Gasteiger partial charge in [-0.25, -0.2) is 14.3 Å². The quantitative estimate of drug-likeness (QED) is 0.519. The third-order valence-electron chi connectivity index (χ3n) is 3.10. The smallest absolute Gasteiger partial charge is 0.354 e. The van der Waals surface area contributed by atoms with Crippen molar-refractivity contribution in [2.45, 2.75) is 0 Å². The van der Waals surface area contributed by atoms with E-state index in [9.17, 15) is 4.79 Å². The maximum Gasteiger partial charge on any atom is 0.354 e. The molecule has 0 saturated carbocycles. The van der Waals surface area contributed by atoms with Gasteiger partial charge in [0.1, 0.15) is 18.1 Å². The van der Waals surface area contributed by atoms with Gasteiger partial charge in [0.25, 0.3) is 5.82 Å². The van der Waals surface area contributed by atoms with Crippen molar-refractivity contribution in [1.29, 1.82) is 0 Å². The first-order valence-electron chi connectivity index (χ1n) is 4.90. The van der Waals surface area contributed by atoms with E-state index in [4.69, 9.17) is 16.3 Å². The molecule has 1 spiro atoms. The molecule has 1 fully saturated rings. The molecule has 4 heterocycles. The van der Waals surface area contributed by atoms with E-state index in [2.05, 4.69) is 4.98 Å². The molecule has 1 saturated heterocycles. The number of aromatic nitrogens is 1. The zero-order chi connectivity index (χ0) is 10.5. The number of morpholine rings is 1. The van der Waals surface area contributed by atoms with E-state index in [-0.39, 0.29) is 22.8 Å². The zero-order valence-corrected chi connectivity index (χ0v) is 9.96. The summed E-state index contributed by atoms with van der Waals surface area (Å²) >= 11 is 6.08. The highest BCUT2D eigenvalue weighted by atomic mass is 35.5. The summed E-state index contributed by atoms with van der Waals surface area (Å²) in [4.78, 5) is 16.4. The van der Waals surface area contributed by atoms with Crippen LogP contribution in [0, 0.1) is 0 Å². The molecule has 6 heteroatoms. The number of rotatable bonds is 0. The highest BCUT2D eigenvalue weighted by Gasteiger charge is 2.48. The van der Waals surface area contributed by atoms with Crippen LogP contribution >= 0.6 is 11.6 Å². The van der Waals surface area contributed by atoms with Crippen LogP contribution in [0.1, 0.15) is 10.4 Å². The predicted molar refractivity (Wildman–Crippen MR) is 55.9 cm³/mol. The lowest BCUT2D eigenvalue weighted by molar-refractivity contribution is -0.0000126. The first-order valence-corrected chi connectivity index (χ1v) is 5.28. The lowest BCUT2D eigenvalue weighted by atomic mass is 10.1. The maximum atomic E-state index is 12.2. The number of amides is 1. The molecular formula is C10H10Cl2N2O2. The van der Waals surface area contributed by atoms with E-state index in [0.29, 0.717) is 42.7 Å². The Hall–Kier alpha value is -0.680. The largest absolute Gasteiger partial charge is 1.00 e. The van der Waals surface area contributed by atoms with Gasteiger partial charge < -0.3 is 17.1 Å². The standard InChI is InChI=1S/C10H10ClN2O2.ClH/c11-8-5-7-6-12-9(8)13(10(7)14)1-3-15-4-2-13;/h5-6H,1-4H2;1H/q+1;/p-1. The molecule has 4 rings (SSSR count). The molecule has 16 heavy (non-hydrogen) atoms. The van der Waals surface area contributed by atoms with Crippen LogP contribution in [-0.2, 0) is 4.74 Å². The number of halogens is 2. The molecule has 0 N–H and O–H groups in total. The Bertz CT molecular complexity index is 444. The molecule has 2 bridgehead atoms. The number of hydrogen-bond donors (Lipinski definition) is 0. The van der Waals surface area contributed by atoms with Crippen molar-refractivity contribution >= 4 is 23.3 Å². The molecule has 0 radical (unpaired) electrons. The maximum absolute atomic E-state index is 12.2. The molecule has 1 aromatic heterocycles. The van der Waals surface area contributed by atoms with E-state index >= 15 is 0 Å². The molecule has 0 unspecified atom stereocenters. The number of pyridine rings is 1. The number of fused-ring (bicyclic) bond motifs is 2. The second kappa shape index (κ2) is 3.96. The Morgan fingerprint density at radius 1 is 1.38 bits per heavy atom. The van der Waals surface area contributed by atoms with Crippen LogP contribution in [0.15, 0.2) is 12.3 Å². The summed E-state index contributed by atoms with van der Waals surface area (Å²) in [7, 11) is 0. The Morgan fingerprint density at radius 3 is 2.69 bits per heavy atom. The number of quaternary nitrogens is 1. The number of hydrogen-bond acceptors (Lipinski definition) is 3. The van der Waals surface area contributed by atoms with Crippen molar-refractivity contribution in [1.82, 2.24) is 9.47 Å². The molecule has 86 valence electrons. The molecular weight excluding hydrogens is 251 g/mol. The van der Waals surface area contributed by atoms with E-state index in [1.807, 2.05) is 0 Å². The fraction of sp³-hybridized carbons (Fsp3) is 0.400.